The van der Waals surface area contributed by atoms with Crippen LogP contribution in [0.2, 0.25) is 12.6 Å². The van der Waals surface area contributed by atoms with E-state index in [4.69, 9.17) is 9.59 Å². The summed E-state index contributed by atoms with van der Waals surface area (Å²) in [5.41, 5.74) is 0. The van der Waals surface area contributed by atoms with E-state index in [9.17, 15) is 13.2 Å². The molecule has 0 amide bonds. The molecule has 0 saturated heterocycles. The van der Waals surface area contributed by atoms with E-state index in [1.165, 1.54) is 0 Å². The van der Waals surface area contributed by atoms with Crippen molar-refractivity contribution < 1.29 is 22.8 Å². The van der Waals surface area contributed by atoms with Gasteiger partial charge in [-0.05, 0) is 6.55 Å². The van der Waals surface area contributed by atoms with Gasteiger partial charge >= 0.3 is 14.7 Å². The van der Waals surface area contributed by atoms with Gasteiger partial charge in [-0.15, -0.1) is 0 Å². The van der Waals surface area contributed by atoms with Crippen LogP contribution in [-0.2, 0) is 0 Å². The van der Waals surface area contributed by atoms with Crippen molar-refractivity contribution >= 4 is 8.56 Å². The molecule has 0 aromatic carbocycles. The van der Waals surface area contributed by atoms with Crippen molar-refractivity contribution in [2.24, 2.45) is 0 Å². The quantitative estimate of drug-likeness (QED) is 0.551. The fourth-order valence-corrected chi connectivity index (χ4v) is 1.14. The second-order valence-electron chi connectivity index (χ2n) is 2.01. The summed E-state index contributed by atoms with van der Waals surface area (Å²) in [7, 11) is -3.92. The second kappa shape index (κ2) is 2.28. The van der Waals surface area contributed by atoms with Gasteiger partial charge < -0.3 is 9.59 Å². The SMILES string of the molecule is C[Si](O)(O)CC(F)(F)F. The van der Waals surface area contributed by atoms with Gasteiger partial charge in [-0.3, -0.25) is 0 Å². The average molecular weight is 160 g/mol. The Morgan fingerprint density at radius 1 is 1.33 bits per heavy atom. The van der Waals surface area contributed by atoms with E-state index in [1.807, 2.05) is 0 Å². The van der Waals surface area contributed by atoms with E-state index in [1.54, 1.807) is 0 Å². The van der Waals surface area contributed by atoms with Crippen molar-refractivity contribution in [1.82, 2.24) is 0 Å². The van der Waals surface area contributed by atoms with Gasteiger partial charge in [0, 0.05) is 0 Å². The van der Waals surface area contributed by atoms with E-state index >= 15 is 0 Å². The van der Waals surface area contributed by atoms with Gasteiger partial charge in [-0.2, -0.15) is 13.2 Å². The van der Waals surface area contributed by atoms with Crippen LogP contribution in [0, 0.1) is 0 Å². The van der Waals surface area contributed by atoms with Crippen LogP contribution >= 0.6 is 0 Å². The molecular formula is C3H7F3O2Si. The molecule has 0 spiro atoms. The van der Waals surface area contributed by atoms with Gasteiger partial charge in [-0.1, -0.05) is 0 Å². The lowest BCUT2D eigenvalue weighted by Gasteiger charge is -2.13. The molecule has 0 aliphatic carbocycles. The molecule has 0 rings (SSSR count). The Balaban J connectivity index is 3.75. The Bertz CT molecular complexity index is 82.2. The lowest BCUT2D eigenvalue weighted by atomic mass is 10.8. The summed E-state index contributed by atoms with van der Waals surface area (Å²) in [5, 5.41) is 0. The number of halogens is 3. The molecule has 0 aromatic heterocycles. The number of hydrogen-bond acceptors (Lipinski definition) is 2. The van der Waals surface area contributed by atoms with E-state index in [0.29, 0.717) is 0 Å². The molecule has 0 heterocycles. The van der Waals surface area contributed by atoms with Gasteiger partial charge in [0.2, 0.25) is 0 Å². The number of hydrogen-bond donors (Lipinski definition) is 2. The van der Waals surface area contributed by atoms with Crippen LogP contribution in [0.5, 0.6) is 0 Å². The Hall–Kier alpha value is -0.0731. The zero-order chi connectivity index (χ0) is 7.71. The Morgan fingerprint density at radius 2 is 1.67 bits per heavy atom. The minimum absolute atomic E-state index is 0.820. The highest BCUT2D eigenvalue weighted by molar-refractivity contribution is 6.63. The maximum absolute atomic E-state index is 11.3. The van der Waals surface area contributed by atoms with Gasteiger partial charge in [0.1, 0.15) is 0 Å². The Labute approximate surface area is 51.2 Å². The smallest absolute Gasteiger partial charge is 0.391 e. The zero-order valence-corrected chi connectivity index (χ0v) is 5.74. The van der Waals surface area contributed by atoms with Gasteiger partial charge in [0.25, 0.3) is 0 Å². The van der Waals surface area contributed by atoms with Crippen LogP contribution in [0.15, 0.2) is 0 Å². The highest BCUT2D eigenvalue weighted by Crippen LogP contribution is 2.24. The molecule has 56 valence electrons. The van der Waals surface area contributed by atoms with Crippen molar-refractivity contribution in [3.63, 3.8) is 0 Å². The Kier molecular flexibility index (Phi) is 2.26. The molecule has 0 aliphatic heterocycles. The van der Waals surface area contributed by atoms with Gasteiger partial charge in [0.15, 0.2) is 0 Å². The molecule has 0 unspecified atom stereocenters. The molecule has 0 atom stereocenters. The van der Waals surface area contributed by atoms with Crippen LogP contribution in [0.4, 0.5) is 13.2 Å². The first-order valence-electron chi connectivity index (χ1n) is 2.22. The van der Waals surface area contributed by atoms with Crippen LogP contribution in [0.3, 0.4) is 0 Å². The molecule has 9 heavy (non-hydrogen) atoms. The normalized spacial score (nSPS) is 14.0. The van der Waals surface area contributed by atoms with Crippen LogP contribution in [-0.4, -0.2) is 24.3 Å². The van der Waals surface area contributed by atoms with E-state index in [2.05, 4.69) is 0 Å². The van der Waals surface area contributed by atoms with Crippen molar-refractivity contribution in [3.05, 3.63) is 0 Å². The first kappa shape index (κ1) is 8.93. The predicted octanol–water partition coefficient (Wildman–Crippen LogP) is 0.605. The predicted molar refractivity (Wildman–Crippen MR) is 26.9 cm³/mol. The molecular weight excluding hydrogens is 153 g/mol. The van der Waals surface area contributed by atoms with E-state index in [-0.39, 0.29) is 0 Å². The number of alkyl halides is 3. The standard InChI is InChI=1S/C3H7F3O2Si/c1-9(7,8)2-3(4,5)6/h7-8H,2H2,1H3. The molecule has 6 heteroatoms. The molecule has 0 aromatic rings. The fraction of sp³-hybridized carbons (Fsp3) is 1.00. The minimum atomic E-state index is -4.45. The fourth-order valence-electron chi connectivity index (χ4n) is 0.380. The first-order chi connectivity index (χ1) is 3.71. The topological polar surface area (TPSA) is 40.5 Å². The zero-order valence-electron chi connectivity index (χ0n) is 4.74. The highest BCUT2D eigenvalue weighted by atomic mass is 28.4. The summed E-state index contributed by atoms with van der Waals surface area (Å²) in [4.78, 5) is 16.7. The van der Waals surface area contributed by atoms with Gasteiger partial charge in [0.05, 0.1) is 6.04 Å². The first-order valence-corrected chi connectivity index (χ1v) is 4.82. The summed E-state index contributed by atoms with van der Waals surface area (Å²) >= 11 is 0. The maximum Gasteiger partial charge on any atom is 0.391 e. The summed E-state index contributed by atoms with van der Waals surface area (Å²) in [6, 6.07) is -1.46. The van der Waals surface area contributed by atoms with Crippen molar-refractivity contribution in [3.8, 4) is 0 Å². The third-order valence-corrected chi connectivity index (χ3v) is 1.61. The molecule has 0 aliphatic rings. The van der Waals surface area contributed by atoms with E-state index < -0.39 is 20.8 Å². The lowest BCUT2D eigenvalue weighted by Crippen LogP contribution is -2.35. The van der Waals surface area contributed by atoms with Crippen molar-refractivity contribution in [2.75, 3.05) is 0 Å². The summed E-state index contributed by atoms with van der Waals surface area (Å²) < 4.78 is 33.8. The van der Waals surface area contributed by atoms with Crippen molar-refractivity contribution in [2.45, 2.75) is 18.8 Å². The highest BCUT2D eigenvalue weighted by Gasteiger charge is 2.39. The molecule has 2 N–H and O–H groups in total. The largest absolute Gasteiger partial charge is 0.411 e. The third-order valence-electron chi connectivity index (χ3n) is 0.535. The molecule has 0 bridgehead atoms. The molecule has 0 saturated carbocycles. The Morgan fingerprint density at radius 3 is 1.67 bits per heavy atom. The summed E-state index contributed by atoms with van der Waals surface area (Å²) in [6.45, 7) is 0.820. The molecule has 0 fully saturated rings. The molecule has 0 radical (unpaired) electrons. The van der Waals surface area contributed by atoms with E-state index in [0.717, 1.165) is 6.55 Å². The summed E-state index contributed by atoms with van der Waals surface area (Å²) in [6.07, 6.45) is -4.45. The summed E-state index contributed by atoms with van der Waals surface area (Å²) in [5.74, 6) is 0. The maximum atomic E-state index is 11.3. The van der Waals surface area contributed by atoms with Crippen LogP contribution in [0.25, 0.3) is 0 Å². The lowest BCUT2D eigenvalue weighted by molar-refractivity contribution is -0.114. The van der Waals surface area contributed by atoms with Crippen LogP contribution < -0.4 is 0 Å². The molecule has 2 nitrogen and oxygen atoms in total. The number of rotatable bonds is 1. The average Bonchev–Trinajstić information content (AvgIpc) is 1.14. The van der Waals surface area contributed by atoms with Crippen LogP contribution in [0.1, 0.15) is 0 Å². The van der Waals surface area contributed by atoms with Crippen molar-refractivity contribution in [1.29, 1.82) is 0 Å². The monoisotopic (exact) mass is 160 g/mol. The third kappa shape index (κ3) is 7.93. The van der Waals surface area contributed by atoms with Gasteiger partial charge in [-0.25, -0.2) is 0 Å². The minimum Gasteiger partial charge on any atom is -0.411 e. The second-order valence-corrected chi connectivity index (χ2v) is 4.80.